The van der Waals surface area contributed by atoms with Gasteiger partial charge in [-0.1, -0.05) is 6.92 Å². The first kappa shape index (κ1) is 17.9. The van der Waals surface area contributed by atoms with Crippen molar-refractivity contribution in [3.8, 4) is 0 Å². The highest BCUT2D eigenvalue weighted by molar-refractivity contribution is 5.89. The number of furan rings is 1. The molecule has 3 rings (SSSR count). The van der Waals surface area contributed by atoms with Gasteiger partial charge in [0.25, 0.3) is 0 Å². The Balaban J connectivity index is 1.36. The van der Waals surface area contributed by atoms with Gasteiger partial charge in [-0.15, -0.1) is 0 Å². The lowest BCUT2D eigenvalue weighted by molar-refractivity contribution is -0.129. The molecular weight excluding hydrogens is 320 g/mol. The molecule has 0 radical (unpaired) electrons. The van der Waals surface area contributed by atoms with Gasteiger partial charge in [0.15, 0.2) is 0 Å². The average Bonchev–Trinajstić information content (AvgIpc) is 3.26. The second kappa shape index (κ2) is 8.49. The normalized spacial score (nSPS) is 22.5. The zero-order chi connectivity index (χ0) is 17.6. The Labute approximate surface area is 148 Å². The molecule has 138 valence electrons. The van der Waals surface area contributed by atoms with Crippen molar-refractivity contribution < 1.29 is 14.0 Å². The van der Waals surface area contributed by atoms with E-state index in [4.69, 9.17) is 4.42 Å². The predicted molar refractivity (Wildman–Crippen MR) is 93.8 cm³/mol. The predicted octanol–water partition coefficient (Wildman–Crippen LogP) is 0.382. The molecule has 25 heavy (non-hydrogen) atoms. The minimum absolute atomic E-state index is 0.0116. The largest absolute Gasteiger partial charge is 0.467 e. The standard InChI is InChI=1S/C18H28N4O3/c1-2-20-7-9-21(10-8-20)6-5-19-18(24)15-12-17(23)22(13-15)14-16-4-3-11-25-16/h3-4,11,15H,2,5-10,12-14H2,1H3,(H,19,24)/t15-/m0/s1. The Bertz CT molecular complexity index is 567. The van der Waals surface area contributed by atoms with Gasteiger partial charge in [0, 0.05) is 52.2 Å². The van der Waals surface area contributed by atoms with Gasteiger partial charge in [-0.25, -0.2) is 0 Å². The van der Waals surface area contributed by atoms with E-state index in [0.717, 1.165) is 45.0 Å². The van der Waals surface area contributed by atoms with Crippen molar-refractivity contribution in [3.63, 3.8) is 0 Å². The van der Waals surface area contributed by atoms with Crippen LogP contribution in [0.2, 0.25) is 0 Å². The number of carbonyl (C=O) groups excluding carboxylic acids is 2. The van der Waals surface area contributed by atoms with E-state index in [1.54, 1.807) is 17.2 Å². The van der Waals surface area contributed by atoms with E-state index in [1.165, 1.54) is 0 Å². The monoisotopic (exact) mass is 348 g/mol. The molecule has 2 fully saturated rings. The minimum Gasteiger partial charge on any atom is -0.467 e. The van der Waals surface area contributed by atoms with E-state index in [-0.39, 0.29) is 17.7 Å². The third kappa shape index (κ3) is 4.83. The summed E-state index contributed by atoms with van der Waals surface area (Å²) < 4.78 is 5.28. The van der Waals surface area contributed by atoms with Crippen molar-refractivity contribution in [3.05, 3.63) is 24.2 Å². The lowest BCUT2D eigenvalue weighted by Crippen LogP contribution is -2.48. The summed E-state index contributed by atoms with van der Waals surface area (Å²) >= 11 is 0. The molecule has 0 saturated carbocycles. The van der Waals surface area contributed by atoms with E-state index in [1.807, 2.05) is 6.07 Å². The van der Waals surface area contributed by atoms with Gasteiger partial charge >= 0.3 is 0 Å². The highest BCUT2D eigenvalue weighted by atomic mass is 16.3. The van der Waals surface area contributed by atoms with Crippen molar-refractivity contribution in [1.29, 1.82) is 0 Å². The summed E-state index contributed by atoms with van der Waals surface area (Å²) in [5, 5.41) is 3.00. The van der Waals surface area contributed by atoms with E-state index in [2.05, 4.69) is 22.0 Å². The molecule has 1 aromatic rings. The van der Waals surface area contributed by atoms with Crippen LogP contribution in [0.3, 0.4) is 0 Å². The summed E-state index contributed by atoms with van der Waals surface area (Å²) in [6.07, 6.45) is 1.89. The Kier molecular flexibility index (Phi) is 6.09. The van der Waals surface area contributed by atoms with Crippen LogP contribution in [0.15, 0.2) is 22.8 Å². The van der Waals surface area contributed by atoms with Crippen LogP contribution in [0.5, 0.6) is 0 Å². The van der Waals surface area contributed by atoms with Gasteiger partial charge in [0.2, 0.25) is 11.8 Å². The number of likely N-dealkylation sites (tertiary alicyclic amines) is 1. The number of likely N-dealkylation sites (N-methyl/N-ethyl adjacent to an activating group) is 1. The molecule has 7 nitrogen and oxygen atoms in total. The number of hydrogen-bond donors (Lipinski definition) is 1. The quantitative estimate of drug-likeness (QED) is 0.772. The summed E-state index contributed by atoms with van der Waals surface area (Å²) in [5.41, 5.74) is 0. The molecular formula is C18H28N4O3. The number of carbonyl (C=O) groups is 2. The Hall–Kier alpha value is -1.86. The van der Waals surface area contributed by atoms with Gasteiger partial charge in [0.05, 0.1) is 18.7 Å². The lowest BCUT2D eigenvalue weighted by atomic mass is 10.1. The maximum absolute atomic E-state index is 12.3. The van der Waals surface area contributed by atoms with E-state index >= 15 is 0 Å². The highest BCUT2D eigenvalue weighted by Crippen LogP contribution is 2.20. The van der Waals surface area contributed by atoms with Gasteiger partial charge < -0.3 is 19.5 Å². The topological polar surface area (TPSA) is 69.0 Å². The smallest absolute Gasteiger partial charge is 0.225 e. The van der Waals surface area contributed by atoms with Crippen LogP contribution >= 0.6 is 0 Å². The van der Waals surface area contributed by atoms with Crippen molar-refractivity contribution in [2.24, 2.45) is 5.92 Å². The first-order valence-corrected chi connectivity index (χ1v) is 9.18. The molecule has 2 amide bonds. The van der Waals surface area contributed by atoms with Crippen molar-refractivity contribution in [2.45, 2.75) is 19.9 Å². The second-order valence-electron chi connectivity index (χ2n) is 6.82. The van der Waals surface area contributed by atoms with Crippen LogP contribution < -0.4 is 5.32 Å². The van der Waals surface area contributed by atoms with Crippen LogP contribution in [-0.2, 0) is 16.1 Å². The van der Waals surface area contributed by atoms with Crippen molar-refractivity contribution in [1.82, 2.24) is 20.0 Å². The number of hydrogen-bond acceptors (Lipinski definition) is 5. The van der Waals surface area contributed by atoms with Crippen molar-refractivity contribution in [2.75, 3.05) is 52.4 Å². The molecule has 0 aromatic carbocycles. The summed E-state index contributed by atoms with van der Waals surface area (Å²) in [4.78, 5) is 30.9. The molecule has 7 heteroatoms. The Morgan fingerprint density at radius 2 is 2.04 bits per heavy atom. The number of rotatable bonds is 7. The molecule has 0 aliphatic carbocycles. The minimum atomic E-state index is -0.251. The van der Waals surface area contributed by atoms with E-state index in [0.29, 0.717) is 26.1 Å². The number of nitrogens with one attached hydrogen (secondary N) is 1. The molecule has 1 atom stereocenters. The summed E-state index contributed by atoms with van der Waals surface area (Å²) in [6.45, 7) is 10.0. The third-order valence-electron chi connectivity index (χ3n) is 5.15. The van der Waals surface area contributed by atoms with E-state index < -0.39 is 0 Å². The maximum atomic E-state index is 12.3. The molecule has 2 aliphatic rings. The average molecular weight is 348 g/mol. The highest BCUT2D eigenvalue weighted by Gasteiger charge is 2.34. The Morgan fingerprint density at radius 1 is 1.28 bits per heavy atom. The van der Waals surface area contributed by atoms with Crippen LogP contribution in [0.25, 0.3) is 0 Å². The van der Waals surface area contributed by atoms with E-state index in [9.17, 15) is 9.59 Å². The molecule has 0 unspecified atom stereocenters. The summed E-state index contributed by atoms with van der Waals surface area (Å²) in [6, 6.07) is 3.65. The van der Waals surface area contributed by atoms with Crippen LogP contribution in [0.4, 0.5) is 0 Å². The Morgan fingerprint density at radius 3 is 2.72 bits per heavy atom. The molecule has 3 heterocycles. The fraction of sp³-hybridized carbons (Fsp3) is 0.667. The zero-order valence-corrected chi connectivity index (χ0v) is 14.9. The number of piperazine rings is 1. The van der Waals surface area contributed by atoms with Gasteiger partial charge in [-0.2, -0.15) is 0 Å². The van der Waals surface area contributed by atoms with Crippen molar-refractivity contribution >= 4 is 11.8 Å². The molecule has 1 aromatic heterocycles. The number of nitrogens with zero attached hydrogens (tertiary/aromatic N) is 3. The first-order chi connectivity index (χ1) is 12.2. The second-order valence-corrected chi connectivity index (χ2v) is 6.82. The molecule has 0 bridgehead atoms. The molecule has 0 spiro atoms. The zero-order valence-electron chi connectivity index (χ0n) is 14.9. The lowest BCUT2D eigenvalue weighted by Gasteiger charge is -2.34. The van der Waals surface area contributed by atoms with Gasteiger partial charge in [-0.05, 0) is 18.7 Å². The van der Waals surface area contributed by atoms with Gasteiger partial charge in [-0.3, -0.25) is 14.5 Å². The summed E-state index contributed by atoms with van der Waals surface area (Å²) in [7, 11) is 0. The SMILES string of the molecule is CCN1CCN(CCNC(=O)[C@H]2CC(=O)N(Cc3ccco3)C2)CC1. The van der Waals surface area contributed by atoms with Gasteiger partial charge in [0.1, 0.15) is 5.76 Å². The van der Waals surface area contributed by atoms with Crippen LogP contribution in [0, 0.1) is 5.92 Å². The fourth-order valence-corrected chi connectivity index (χ4v) is 3.50. The molecule has 2 saturated heterocycles. The summed E-state index contributed by atoms with van der Waals surface area (Å²) in [5.74, 6) is 0.509. The molecule has 1 N–H and O–H groups in total. The third-order valence-corrected chi connectivity index (χ3v) is 5.15. The fourth-order valence-electron chi connectivity index (χ4n) is 3.50. The number of amides is 2. The first-order valence-electron chi connectivity index (χ1n) is 9.18. The maximum Gasteiger partial charge on any atom is 0.225 e. The van der Waals surface area contributed by atoms with Crippen LogP contribution in [-0.4, -0.2) is 78.9 Å². The molecule has 2 aliphatic heterocycles. The van der Waals surface area contributed by atoms with Crippen LogP contribution in [0.1, 0.15) is 19.1 Å².